The fourth-order valence-electron chi connectivity index (χ4n) is 11.0. The Morgan fingerprint density at radius 2 is 0.870 bits per heavy atom. The Kier molecular flexibility index (Phi) is 15.1. The maximum absolute atomic E-state index is 14.3. The molecule has 0 amide bonds. The molecule has 6 saturated carbocycles. The first kappa shape index (κ1) is 46.6. The number of benzene rings is 3. The molecule has 0 bridgehead atoms. The fourth-order valence-corrected chi connectivity index (χ4v) is 12.7. The number of nitrogens with zero attached hydrogens (tertiary/aromatic N) is 15. The van der Waals surface area contributed by atoms with E-state index >= 15 is 0 Å². The Morgan fingerprint density at radius 1 is 0.491 bits per heavy atom. The van der Waals surface area contributed by atoms with Gasteiger partial charge < -0.3 is 76.1 Å². The van der Waals surface area contributed by atoms with Crippen LogP contribution in [-0.4, -0.2) is 250 Å². The molecule has 0 spiro atoms. The van der Waals surface area contributed by atoms with Gasteiger partial charge in [0.1, 0.15) is 53.9 Å². The Hall–Kier alpha value is -7.14. The van der Waals surface area contributed by atoms with Gasteiger partial charge in [-0.15, -0.1) is 15.3 Å². The number of fused-ring (bicyclic) bond motifs is 3. The van der Waals surface area contributed by atoms with Crippen LogP contribution in [0, 0.1) is 38.2 Å². The number of ether oxygens (including phenoxy) is 3. The maximum atomic E-state index is 14.3. The lowest BCUT2D eigenvalue weighted by molar-refractivity contribution is -0.0629. The second kappa shape index (κ2) is 35.1. The zero-order valence-electron chi connectivity index (χ0n) is 91.4. The van der Waals surface area contributed by atoms with Crippen molar-refractivity contribution in [2.75, 3.05) is 72.6 Å². The molecule has 6 aliphatic carbocycles. The number of thioether (sulfide) groups is 3. The van der Waals surface area contributed by atoms with E-state index in [2.05, 4.69) is 81.5 Å². The summed E-state index contributed by atoms with van der Waals surface area (Å²) in [6, 6.07) is 0.684. The summed E-state index contributed by atoms with van der Waals surface area (Å²) in [5, 5.41) is 125. The van der Waals surface area contributed by atoms with Crippen LogP contribution in [0.2, 0.25) is 0 Å². The number of nitrogens with one attached hydrogen (secondary N) is 3. The number of halogens is 3. The largest absolute Gasteiger partial charge is 0.394 e. The zero-order valence-corrected chi connectivity index (χ0v) is 59.9. The second-order valence-corrected chi connectivity index (χ2v) is 26.7. The highest BCUT2D eigenvalue weighted by atomic mass is 32.2. The van der Waals surface area contributed by atoms with Crippen LogP contribution in [0.1, 0.15) is 194 Å². The van der Waals surface area contributed by atoms with E-state index in [0.29, 0.717) is 63.1 Å². The average Bonchev–Trinajstić information content (AvgIpc) is 1.49. The number of aliphatic hydroxyl groups excluding tert-OH is 2. The normalized spacial score (nSPS) is 43.2. The molecule has 18 atom stereocenters. The minimum Gasteiger partial charge on any atom is -0.394 e. The minimum absolute atomic E-state index is 0.0509. The molecule has 36 heteroatoms. The molecular weight excluding hydrogens is 1460 g/mol. The van der Waals surface area contributed by atoms with Crippen LogP contribution in [0.3, 0.4) is 0 Å². The summed E-state index contributed by atoms with van der Waals surface area (Å²) >= 11 is 1.47. The van der Waals surface area contributed by atoms with Gasteiger partial charge in [0.15, 0.2) is 66.4 Å². The molecule has 0 radical (unpaired) electrons. The van der Waals surface area contributed by atoms with E-state index in [4.69, 9.17) is 56.1 Å². The molecule has 15 rings (SSSR count). The summed E-state index contributed by atoms with van der Waals surface area (Å²) in [5.41, 5.74) is -5.45. The molecule has 12 N–H and O–H groups in total. The number of rotatable bonds is 30. The first-order chi connectivity index (χ1) is 64.4. The average molecular weight is 1590 g/mol. The third-order valence-corrected chi connectivity index (χ3v) is 19.2. The third-order valence-electron chi connectivity index (χ3n) is 16.8. The molecule has 0 saturated heterocycles. The van der Waals surface area contributed by atoms with Crippen molar-refractivity contribution >= 4 is 86.2 Å². The molecule has 6 fully saturated rings. The van der Waals surface area contributed by atoms with Gasteiger partial charge in [-0.2, -0.15) is 0 Å². The van der Waals surface area contributed by atoms with Crippen LogP contribution < -0.4 is 16.0 Å². The van der Waals surface area contributed by atoms with Crippen molar-refractivity contribution in [2.45, 2.75) is 223 Å². The van der Waals surface area contributed by atoms with E-state index < -0.39 is 236 Å². The van der Waals surface area contributed by atoms with Crippen LogP contribution in [-0.2, 0) is 14.2 Å². The minimum atomic E-state index is -4.35. The number of aromatic nitrogens is 15. The molecule has 108 heavy (non-hydrogen) atoms. The van der Waals surface area contributed by atoms with Crippen LogP contribution >= 0.6 is 35.3 Å². The number of hydrogen-bond acceptors (Lipinski definition) is 30. The van der Waals surface area contributed by atoms with Crippen molar-refractivity contribution in [3.05, 3.63) is 105 Å². The van der Waals surface area contributed by atoms with Gasteiger partial charge in [-0.1, -0.05) is 108 Å². The fraction of sp³-hybridized carbons (Fsp3) is 0.583. The predicted octanol–water partition coefficient (Wildman–Crippen LogP) is 6.55. The SMILES string of the molecule is [2H]C([2H])(C)C([2H])([2H])Sc1nc(N[C@@H]2C[C@H]2c2ccc(C)c(F)c2)c2nnn([C@]3([2H])C([2H])([2H])[C@]([2H])(OC([2H])([2H])C([2H])([2H])O)[C@@]([2H])(O)[C@@]3([2H])O)c2n1.[2H]C([2H])(CO)O[C@@]1([2H])C([2H])([2H])[C@@]([2H])(n2nnc3c(N[C@@H]4C[C@H]4c4ccc(C)c(F)c4)nc(SC([2H])([2H])C([2H])([2H])C)nc32)[C@]([2H])(O)[C@]1([2H])O.[2H]C1([2H])[C@@H](Nc2nc(SCCC)nc3c2nnn3[C@]2([2H])C([2H])([2H])[C@]([2H])(OCCO)[C@@]([2H])(O)[C@@]2([2H])O)[C@@H]1c1ccc(C)c(F)c1. The summed E-state index contributed by atoms with van der Waals surface area (Å²) < 4.78 is 340. The van der Waals surface area contributed by atoms with Gasteiger partial charge in [-0.05, 0) is 111 Å². The van der Waals surface area contributed by atoms with Crippen molar-refractivity contribution in [3.8, 4) is 0 Å². The molecule has 6 aliphatic rings. The van der Waals surface area contributed by atoms with Crippen molar-refractivity contribution in [1.82, 2.24) is 74.9 Å². The van der Waals surface area contributed by atoms with Gasteiger partial charge in [-0.3, -0.25) is 0 Å². The van der Waals surface area contributed by atoms with Gasteiger partial charge in [0.2, 0.25) is 0 Å². The highest BCUT2D eigenvalue weighted by Gasteiger charge is 2.49. The summed E-state index contributed by atoms with van der Waals surface area (Å²) in [6.07, 6.45) is -53.2. The van der Waals surface area contributed by atoms with E-state index in [1.165, 1.54) is 18.2 Å². The Balaban J connectivity index is 0.000000179. The second-order valence-electron chi connectivity index (χ2n) is 24.1. The van der Waals surface area contributed by atoms with E-state index in [0.717, 1.165) is 25.6 Å². The standard InChI is InChI=1S/3C24H31FN6O4S/c3*1-3-8-36-24-27-22(26-16-10-14(16)13-5-4-12(2)15(25)9-13)19-23(28-24)31(30-29-19)17-11-18(35-7-6-32)21(34)20(17)33/h3*4-5,9,14,16-18,20-21,32-34H,3,6-8,10-11H2,1-2H3,(H,26,27,28)/t3*14-,16+,17+,18-,20-,21+/m000/s1/i3D2,6D2,7D2,8D2,11D2,17D,18D,20D,21D;3D2,7D2,8D2,11D2,17D,18D,20D,21D;10D2,11D2,17D,18D,20D,21D. The Morgan fingerprint density at radius 3 is 1.24 bits per heavy atom. The molecule has 0 unspecified atom stereocenters. The molecular formula is C72H93F3N18O12S3. The first-order valence-corrected chi connectivity index (χ1v) is 35.4. The number of anilines is 3. The lowest BCUT2D eigenvalue weighted by Gasteiger charge is -2.17. The summed E-state index contributed by atoms with van der Waals surface area (Å²) in [4.78, 5) is 25.3. The molecule has 3 aromatic carbocycles. The highest BCUT2D eigenvalue weighted by Crippen LogP contribution is 2.48. The summed E-state index contributed by atoms with van der Waals surface area (Å²) in [6.45, 7) is -5.89. The smallest absolute Gasteiger partial charge is 0.191 e. The van der Waals surface area contributed by atoms with Gasteiger partial charge in [0.05, 0.1) is 100 Å². The van der Waals surface area contributed by atoms with Gasteiger partial charge >= 0.3 is 0 Å². The molecule has 30 nitrogen and oxygen atoms in total. The van der Waals surface area contributed by atoms with Gasteiger partial charge in [0.25, 0.3) is 0 Å². The lowest BCUT2D eigenvalue weighted by atomic mass is 10.1. The highest BCUT2D eigenvalue weighted by molar-refractivity contribution is 7.99. The van der Waals surface area contributed by atoms with E-state index in [9.17, 15) is 59.1 Å². The van der Waals surface area contributed by atoms with E-state index in [-0.39, 0.29) is 78.4 Å². The molecule has 582 valence electrons. The van der Waals surface area contributed by atoms with Crippen molar-refractivity contribution < 1.29 is 120 Å². The summed E-state index contributed by atoms with van der Waals surface area (Å²) in [7, 11) is 0. The third kappa shape index (κ3) is 17.5. The molecule has 0 aliphatic heterocycles. The number of aryl methyl sites for hydroxylation is 3. The van der Waals surface area contributed by atoms with Crippen molar-refractivity contribution in [1.29, 1.82) is 0 Å². The topological polar surface area (TPSA) is 415 Å². The number of aliphatic hydroxyl groups is 9. The van der Waals surface area contributed by atoms with E-state index in [1.54, 1.807) is 57.2 Å². The molecule has 6 heterocycles. The number of hydrogen-bond donors (Lipinski definition) is 12. The van der Waals surface area contributed by atoms with Crippen LogP contribution in [0.4, 0.5) is 30.6 Å². The molecule has 6 aromatic heterocycles. The lowest BCUT2D eigenvalue weighted by Crippen LogP contribution is -2.33. The Bertz CT molecular complexity index is 6390. The first-order valence-electron chi connectivity index (χ1n) is 49.7. The maximum Gasteiger partial charge on any atom is 0.191 e. The van der Waals surface area contributed by atoms with Crippen LogP contribution in [0.5, 0.6) is 0 Å². The zero-order chi connectivity index (χ0) is 107. The van der Waals surface area contributed by atoms with Crippen molar-refractivity contribution in [3.63, 3.8) is 0 Å². The van der Waals surface area contributed by atoms with Gasteiger partial charge in [-0.25, -0.2) is 57.1 Å². The quantitative estimate of drug-likeness (QED) is 0.0168. The van der Waals surface area contributed by atoms with Crippen LogP contribution in [0.25, 0.3) is 33.5 Å². The van der Waals surface area contributed by atoms with Crippen molar-refractivity contribution in [2.24, 2.45) is 0 Å². The van der Waals surface area contributed by atoms with Gasteiger partial charge in [0, 0.05) is 94.1 Å². The predicted molar refractivity (Wildman–Crippen MR) is 398 cm³/mol. The molecule has 9 aromatic rings. The Labute approximate surface area is 681 Å². The van der Waals surface area contributed by atoms with E-state index in [1.807, 2.05) is 6.92 Å². The van der Waals surface area contributed by atoms with Crippen LogP contribution in [0.15, 0.2) is 70.1 Å². The monoisotopic (exact) mass is 1590 g/mol. The summed E-state index contributed by atoms with van der Waals surface area (Å²) in [5.74, 6) is -2.71.